The van der Waals surface area contributed by atoms with E-state index in [0.29, 0.717) is 31.1 Å². The molecule has 0 spiro atoms. The van der Waals surface area contributed by atoms with Crippen molar-refractivity contribution >= 4 is 27.7 Å². The maximum absolute atomic E-state index is 13.2. The van der Waals surface area contributed by atoms with Gasteiger partial charge in [-0.1, -0.05) is 24.4 Å². The van der Waals surface area contributed by atoms with Crippen LogP contribution in [0.25, 0.3) is 0 Å². The summed E-state index contributed by atoms with van der Waals surface area (Å²) in [7, 11) is -3.66. The summed E-state index contributed by atoms with van der Waals surface area (Å²) in [6.45, 7) is 6.52. The second-order valence-corrected chi connectivity index (χ2v) is 12.2. The highest BCUT2D eigenvalue weighted by Gasteiger charge is 2.38. The third kappa shape index (κ3) is 5.66. The Kier molecular flexibility index (Phi) is 7.88. The topological polar surface area (TPSA) is 70.2 Å². The summed E-state index contributed by atoms with van der Waals surface area (Å²) in [5.74, 6) is 0. The molecule has 0 aliphatic carbocycles. The first-order valence-electron chi connectivity index (χ1n) is 12.2. The molecule has 184 valence electrons. The van der Waals surface area contributed by atoms with Crippen molar-refractivity contribution in [2.24, 2.45) is 0 Å². The second-order valence-electron chi connectivity index (χ2n) is 9.83. The van der Waals surface area contributed by atoms with E-state index in [1.54, 1.807) is 17.0 Å². The van der Waals surface area contributed by atoms with Gasteiger partial charge in [0.05, 0.1) is 10.9 Å². The summed E-state index contributed by atoms with van der Waals surface area (Å²) >= 11 is 5.92. The quantitative estimate of drug-likeness (QED) is 0.604. The average Bonchev–Trinajstić information content (AvgIpc) is 2.84. The van der Waals surface area contributed by atoms with Crippen LogP contribution < -0.4 is 0 Å². The summed E-state index contributed by atoms with van der Waals surface area (Å²) in [5, 5.41) is 0.496. The lowest BCUT2D eigenvalue weighted by Gasteiger charge is -2.48. The Balaban J connectivity index is 1.33. The molecule has 33 heavy (non-hydrogen) atoms. The van der Waals surface area contributed by atoms with E-state index < -0.39 is 10.0 Å². The molecule has 9 heteroatoms. The van der Waals surface area contributed by atoms with Crippen molar-refractivity contribution in [1.29, 1.82) is 0 Å². The Hall–Kier alpha value is -1.35. The number of rotatable bonds is 5. The largest absolute Gasteiger partial charge is 0.448 e. The second kappa shape index (κ2) is 10.5. The van der Waals surface area contributed by atoms with Crippen LogP contribution in [0.2, 0.25) is 5.02 Å². The van der Waals surface area contributed by atoms with Crippen LogP contribution in [0.1, 0.15) is 58.3 Å². The van der Waals surface area contributed by atoms with E-state index in [9.17, 15) is 13.2 Å². The van der Waals surface area contributed by atoms with E-state index in [1.807, 2.05) is 0 Å². The molecule has 0 unspecified atom stereocenters. The summed E-state index contributed by atoms with van der Waals surface area (Å²) < 4.78 is 33.6. The van der Waals surface area contributed by atoms with Crippen LogP contribution in [0.15, 0.2) is 29.2 Å². The highest BCUT2D eigenvalue weighted by molar-refractivity contribution is 7.89. The lowest BCUT2D eigenvalue weighted by atomic mass is 9.86. The molecule has 0 radical (unpaired) electrons. The van der Waals surface area contributed by atoms with Crippen molar-refractivity contribution in [3.63, 3.8) is 0 Å². The van der Waals surface area contributed by atoms with Crippen molar-refractivity contribution in [3.8, 4) is 0 Å². The molecule has 3 aliphatic heterocycles. The lowest BCUT2D eigenvalue weighted by molar-refractivity contribution is 0.0132. The smallest absolute Gasteiger partial charge is 0.409 e. The van der Waals surface area contributed by atoms with Gasteiger partial charge in [-0.25, -0.2) is 13.2 Å². The fourth-order valence-electron chi connectivity index (χ4n) is 5.38. The fraction of sp³-hybridized carbons (Fsp3) is 0.708. The number of likely N-dealkylation sites (tertiary alicyclic amines) is 2. The van der Waals surface area contributed by atoms with Crippen molar-refractivity contribution in [2.75, 3.05) is 39.3 Å². The highest BCUT2D eigenvalue weighted by Crippen LogP contribution is 2.32. The molecule has 1 atom stereocenters. The highest BCUT2D eigenvalue weighted by atomic mass is 35.5. The van der Waals surface area contributed by atoms with E-state index >= 15 is 0 Å². The molecule has 0 saturated carbocycles. The maximum Gasteiger partial charge on any atom is 0.409 e. The Morgan fingerprint density at radius 2 is 1.64 bits per heavy atom. The predicted octanol–water partition coefficient (Wildman–Crippen LogP) is 4.36. The van der Waals surface area contributed by atoms with Gasteiger partial charge in [0.1, 0.15) is 6.61 Å². The predicted molar refractivity (Wildman–Crippen MR) is 129 cm³/mol. The minimum Gasteiger partial charge on any atom is -0.448 e. The van der Waals surface area contributed by atoms with Gasteiger partial charge in [0.25, 0.3) is 0 Å². The summed E-state index contributed by atoms with van der Waals surface area (Å²) in [4.78, 5) is 17.4. The van der Waals surface area contributed by atoms with Gasteiger partial charge >= 0.3 is 6.09 Å². The Morgan fingerprint density at radius 1 is 1.00 bits per heavy atom. The van der Waals surface area contributed by atoms with E-state index in [4.69, 9.17) is 16.3 Å². The Morgan fingerprint density at radius 3 is 2.30 bits per heavy atom. The molecule has 3 heterocycles. The van der Waals surface area contributed by atoms with Crippen molar-refractivity contribution in [3.05, 3.63) is 29.3 Å². The molecule has 7 nitrogen and oxygen atoms in total. The van der Waals surface area contributed by atoms with Crippen molar-refractivity contribution < 1.29 is 17.9 Å². The van der Waals surface area contributed by atoms with Crippen LogP contribution >= 0.6 is 11.6 Å². The number of carbonyl (C=O) groups is 1. The average molecular weight is 498 g/mol. The Bertz CT molecular complexity index is 910. The van der Waals surface area contributed by atoms with E-state index in [-0.39, 0.29) is 29.2 Å². The third-order valence-corrected chi connectivity index (χ3v) is 9.83. The first-order chi connectivity index (χ1) is 15.8. The first kappa shape index (κ1) is 24.8. The van der Waals surface area contributed by atoms with Gasteiger partial charge in [0.15, 0.2) is 0 Å². The molecule has 1 amide bonds. The van der Waals surface area contributed by atoms with Gasteiger partial charge in [-0.3, -0.25) is 4.90 Å². The van der Waals surface area contributed by atoms with E-state index in [1.165, 1.54) is 35.7 Å². The zero-order valence-electron chi connectivity index (χ0n) is 19.5. The van der Waals surface area contributed by atoms with Gasteiger partial charge in [0.2, 0.25) is 10.0 Å². The molecule has 1 aromatic carbocycles. The van der Waals surface area contributed by atoms with E-state index in [2.05, 4.69) is 11.8 Å². The Labute approximate surface area is 203 Å². The van der Waals surface area contributed by atoms with Crippen LogP contribution in [0.5, 0.6) is 0 Å². The minimum atomic E-state index is -3.66. The molecule has 0 N–H and O–H groups in total. The standard InChI is InChI=1S/C24H36ClN3O4S/c1-24(27-14-4-2-5-15-27)12-17-26(18-13-24)23(29)32-19-21-7-3-6-16-28(21)33(30,31)22-10-8-20(25)9-11-22/h8-11,21H,2-7,12-19H2,1H3/t21-/m0/s1. The van der Waals surface area contributed by atoms with Gasteiger partial charge in [-0.05, 0) is 82.8 Å². The van der Waals surface area contributed by atoms with Crippen LogP contribution in [0, 0.1) is 0 Å². The number of piperidine rings is 3. The van der Waals surface area contributed by atoms with Crippen molar-refractivity contribution in [2.45, 2.75) is 74.8 Å². The van der Waals surface area contributed by atoms with Gasteiger partial charge in [0, 0.05) is 30.2 Å². The molecule has 4 rings (SSSR count). The molecule has 3 fully saturated rings. The monoisotopic (exact) mass is 497 g/mol. The molecule has 0 bridgehead atoms. The van der Waals surface area contributed by atoms with Crippen molar-refractivity contribution in [1.82, 2.24) is 14.1 Å². The van der Waals surface area contributed by atoms with E-state index in [0.717, 1.165) is 38.8 Å². The number of hydrogen-bond acceptors (Lipinski definition) is 5. The fourth-order valence-corrected chi connectivity index (χ4v) is 7.18. The molecule has 3 saturated heterocycles. The number of sulfonamides is 1. The molecule has 1 aromatic rings. The molecular weight excluding hydrogens is 462 g/mol. The summed E-state index contributed by atoms with van der Waals surface area (Å²) in [5.41, 5.74) is 0.157. The zero-order chi connectivity index (χ0) is 23.5. The van der Waals surface area contributed by atoms with Crippen LogP contribution in [-0.4, -0.2) is 79.5 Å². The summed E-state index contributed by atoms with van der Waals surface area (Å²) in [6, 6.07) is 5.89. The molecule has 0 aromatic heterocycles. The number of benzene rings is 1. The molecular formula is C24H36ClN3O4S. The maximum atomic E-state index is 13.2. The third-order valence-electron chi connectivity index (χ3n) is 7.61. The van der Waals surface area contributed by atoms with Gasteiger partial charge in [-0.15, -0.1) is 0 Å². The SMILES string of the molecule is CC1(N2CCCCC2)CCN(C(=O)OC[C@@H]2CCCCN2S(=O)(=O)c2ccc(Cl)cc2)CC1. The minimum absolute atomic E-state index is 0.0888. The number of nitrogens with zero attached hydrogens (tertiary/aromatic N) is 3. The zero-order valence-corrected chi connectivity index (χ0v) is 21.1. The number of carbonyl (C=O) groups excluding carboxylic acids is 1. The number of hydrogen-bond donors (Lipinski definition) is 0. The normalized spacial score (nSPS) is 25.0. The number of ether oxygens (including phenoxy) is 1. The van der Waals surface area contributed by atoms with Crippen LogP contribution in [-0.2, 0) is 14.8 Å². The van der Waals surface area contributed by atoms with Gasteiger partial charge < -0.3 is 9.64 Å². The van der Waals surface area contributed by atoms with Crippen LogP contribution in [0.3, 0.4) is 0 Å². The number of halogens is 1. The summed E-state index contributed by atoms with van der Waals surface area (Å²) in [6.07, 6.45) is 7.82. The first-order valence-corrected chi connectivity index (χ1v) is 14.1. The molecule has 3 aliphatic rings. The van der Waals surface area contributed by atoms with Crippen LogP contribution in [0.4, 0.5) is 4.79 Å². The number of amides is 1. The van der Waals surface area contributed by atoms with Gasteiger partial charge in [-0.2, -0.15) is 4.31 Å². The lowest BCUT2D eigenvalue weighted by Crippen LogP contribution is -2.56.